The Labute approximate surface area is 211 Å². The zero-order chi connectivity index (χ0) is 25.1. The van der Waals surface area contributed by atoms with Crippen molar-refractivity contribution in [1.82, 2.24) is 10.2 Å². The number of halogens is 1. The fourth-order valence-electron chi connectivity index (χ4n) is 4.73. The van der Waals surface area contributed by atoms with Gasteiger partial charge in [0.05, 0.1) is 6.04 Å². The van der Waals surface area contributed by atoms with E-state index in [9.17, 15) is 9.18 Å². The molecular formula is C28H31FN4O3. The Kier molecular flexibility index (Phi) is 6.95. The number of fused-ring (bicyclic) bond motifs is 1. The minimum Gasteiger partial charge on any atom is -0.454 e. The standard InChI is InChI=1S/C28H31FN4O3/c1-31(2)23-8-3-20(4-9-23)25(18-30-28(34)21-5-12-26-27(17-21)36-19-35-26)33-15-13-32(14-16-33)24-10-6-22(29)7-11-24/h3-12,17,25H,13-16,18-19H2,1-2H3,(H,30,34)/t25-/m0/s1. The van der Waals surface area contributed by atoms with Gasteiger partial charge in [0.15, 0.2) is 11.5 Å². The Morgan fingerprint density at radius 2 is 1.64 bits per heavy atom. The number of rotatable bonds is 7. The van der Waals surface area contributed by atoms with Crippen LogP contribution in [-0.2, 0) is 0 Å². The van der Waals surface area contributed by atoms with Gasteiger partial charge in [-0.3, -0.25) is 9.69 Å². The van der Waals surface area contributed by atoms with Gasteiger partial charge in [-0.05, 0) is 60.2 Å². The van der Waals surface area contributed by atoms with Crippen LogP contribution in [0.5, 0.6) is 11.5 Å². The molecule has 0 aliphatic carbocycles. The van der Waals surface area contributed by atoms with Crippen LogP contribution < -0.4 is 24.6 Å². The minimum absolute atomic E-state index is 0.0227. The molecule has 3 aromatic carbocycles. The first-order chi connectivity index (χ1) is 17.5. The van der Waals surface area contributed by atoms with Crippen LogP contribution in [0, 0.1) is 5.82 Å². The molecule has 1 fully saturated rings. The highest BCUT2D eigenvalue weighted by Crippen LogP contribution is 2.32. The largest absolute Gasteiger partial charge is 0.454 e. The van der Waals surface area contributed by atoms with Crippen LogP contribution in [0.15, 0.2) is 66.7 Å². The topological polar surface area (TPSA) is 57.3 Å². The molecule has 8 heteroatoms. The number of nitrogens with zero attached hydrogens (tertiary/aromatic N) is 3. The van der Waals surface area contributed by atoms with Gasteiger partial charge >= 0.3 is 0 Å². The quantitative estimate of drug-likeness (QED) is 0.542. The molecule has 2 aliphatic heterocycles. The van der Waals surface area contributed by atoms with E-state index in [0.29, 0.717) is 23.6 Å². The molecule has 188 valence electrons. The lowest BCUT2D eigenvalue weighted by molar-refractivity contribution is 0.0929. The number of benzene rings is 3. The normalized spacial score (nSPS) is 16.0. The van der Waals surface area contributed by atoms with Gasteiger partial charge in [0, 0.05) is 63.8 Å². The first-order valence-corrected chi connectivity index (χ1v) is 12.2. The van der Waals surface area contributed by atoms with E-state index in [1.165, 1.54) is 12.1 Å². The molecule has 1 N–H and O–H groups in total. The van der Waals surface area contributed by atoms with Gasteiger partial charge in [-0.15, -0.1) is 0 Å². The summed E-state index contributed by atoms with van der Waals surface area (Å²) in [6.45, 7) is 3.97. The maximum atomic E-state index is 13.3. The molecule has 2 heterocycles. The number of hydrogen-bond acceptors (Lipinski definition) is 6. The van der Waals surface area contributed by atoms with Crippen molar-refractivity contribution in [3.63, 3.8) is 0 Å². The number of ether oxygens (including phenoxy) is 2. The number of hydrogen-bond donors (Lipinski definition) is 1. The molecule has 0 aromatic heterocycles. The lowest BCUT2D eigenvalue weighted by Gasteiger charge is -2.40. The van der Waals surface area contributed by atoms with Crippen molar-refractivity contribution in [3.8, 4) is 11.5 Å². The molecule has 0 spiro atoms. The Balaban J connectivity index is 1.29. The third kappa shape index (κ3) is 5.23. The first kappa shape index (κ1) is 23.9. The molecule has 1 saturated heterocycles. The smallest absolute Gasteiger partial charge is 0.251 e. The Bertz CT molecular complexity index is 1190. The SMILES string of the molecule is CN(C)c1ccc([C@H](CNC(=O)c2ccc3c(c2)OCO3)N2CCN(c3ccc(F)cc3)CC2)cc1. The highest BCUT2D eigenvalue weighted by Gasteiger charge is 2.26. The summed E-state index contributed by atoms with van der Waals surface area (Å²) in [6, 6.07) is 20.4. The maximum absolute atomic E-state index is 13.3. The van der Waals surface area contributed by atoms with Crippen LogP contribution in [0.4, 0.5) is 15.8 Å². The Morgan fingerprint density at radius 1 is 0.944 bits per heavy atom. The number of nitrogens with one attached hydrogen (secondary N) is 1. The van der Waals surface area contributed by atoms with Crippen molar-refractivity contribution < 1.29 is 18.7 Å². The summed E-state index contributed by atoms with van der Waals surface area (Å²) in [5, 5.41) is 3.13. The lowest BCUT2D eigenvalue weighted by atomic mass is 10.0. The Hall–Kier alpha value is -3.78. The average Bonchev–Trinajstić information content (AvgIpc) is 3.38. The monoisotopic (exact) mass is 490 g/mol. The number of amides is 1. The zero-order valence-electron chi connectivity index (χ0n) is 20.6. The molecule has 5 rings (SSSR count). The molecule has 0 bridgehead atoms. The fraction of sp³-hybridized carbons (Fsp3) is 0.321. The second kappa shape index (κ2) is 10.5. The van der Waals surface area contributed by atoms with Crippen molar-refractivity contribution in [1.29, 1.82) is 0 Å². The minimum atomic E-state index is -0.225. The molecule has 7 nitrogen and oxygen atoms in total. The first-order valence-electron chi connectivity index (χ1n) is 12.2. The summed E-state index contributed by atoms with van der Waals surface area (Å²) >= 11 is 0. The van der Waals surface area contributed by atoms with Gasteiger partial charge in [-0.25, -0.2) is 4.39 Å². The van der Waals surface area contributed by atoms with Crippen molar-refractivity contribution in [2.45, 2.75) is 6.04 Å². The van der Waals surface area contributed by atoms with Gasteiger partial charge in [0.25, 0.3) is 5.91 Å². The molecular weight excluding hydrogens is 459 g/mol. The summed E-state index contributed by atoms with van der Waals surface area (Å²) in [5.74, 6) is 0.879. The van der Waals surface area contributed by atoms with Crippen LogP contribution >= 0.6 is 0 Å². The number of anilines is 2. The molecule has 3 aromatic rings. The Morgan fingerprint density at radius 3 is 2.33 bits per heavy atom. The van der Waals surface area contributed by atoms with E-state index in [-0.39, 0.29) is 24.6 Å². The predicted molar refractivity (Wildman–Crippen MR) is 139 cm³/mol. The number of piperazine rings is 1. The van der Waals surface area contributed by atoms with E-state index in [0.717, 1.165) is 43.1 Å². The molecule has 36 heavy (non-hydrogen) atoms. The average molecular weight is 491 g/mol. The van der Waals surface area contributed by atoms with Crippen LogP contribution in [-0.4, -0.2) is 64.4 Å². The van der Waals surface area contributed by atoms with Crippen LogP contribution in [0.25, 0.3) is 0 Å². The fourth-order valence-corrected chi connectivity index (χ4v) is 4.73. The molecule has 0 unspecified atom stereocenters. The van der Waals surface area contributed by atoms with E-state index < -0.39 is 0 Å². The molecule has 0 saturated carbocycles. The zero-order valence-corrected chi connectivity index (χ0v) is 20.6. The van der Waals surface area contributed by atoms with Crippen LogP contribution in [0.1, 0.15) is 22.0 Å². The number of carbonyl (C=O) groups excluding carboxylic acids is 1. The van der Waals surface area contributed by atoms with E-state index in [1.54, 1.807) is 18.2 Å². The van der Waals surface area contributed by atoms with Gasteiger partial charge in [0.1, 0.15) is 5.82 Å². The molecule has 2 aliphatic rings. The van der Waals surface area contributed by atoms with Crippen molar-refractivity contribution in [2.75, 3.05) is 63.4 Å². The van der Waals surface area contributed by atoms with Crippen LogP contribution in [0.3, 0.4) is 0 Å². The van der Waals surface area contributed by atoms with E-state index in [4.69, 9.17) is 9.47 Å². The number of carbonyl (C=O) groups is 1. The van der Waals surface area contributed by atoms with E-state index >= 15 is 0 Å². The highest BCUT2D eigenvalue weighted by atomic mass is 19.1. The van der Waals surface area contributed by atoms with E-state index in [2.05, 4.69) is 44.3 Å². The van der Waals surface area contributed by atoms with Crippen LogP contribution in [0.2, 0.25) is 0 Å². The highest BCUT2D eigenvalue weighted by molar-refractivity contribution is 5.95. The summed E-state index contributed by atoms with van der Waals surface area (Å²) < 4.78 is 24.1. The van der Waals surface area contributed by atoms with Gasteiger partial charge in [-0.1, -0.05) is 12.1 Å². The summed E-state index contributed by atoms with van der Waals surface area (Å²) in [6.07, 6.45) is 0. The van der Waals surface area contributed by atoms with Gasteiger partial charge in [-0.2, -0.15) is 0 Å². The summed E-state index contributed by atoms with van der Waals surface area (Å²) in [4.78, 5) is 19.7. The third-order valence-electron chi connectivity index (χ3n) is 6.83. The van der Waals surface area contributed by atoms with Crippen molar-refractivity contribution in [3.05, 3.63) is 83.7 Å². The summed E-state index contributed by atoms with van der Waals surface area (Å²) in [5.41, 5.74) is 3.85. The van der Waals surface area contributed by atoms with E-state index in [1.807, 2.05) is 26.2 Å². The second-order valence-electron chi connectivity index (χ2n) is 9.28. The molecule has 0 radical (unpaired) electrons. The molecule has 1 atom stereocenters. The van der Waals surface area contributed by atoms with Gasteiger partial charge in [0.2, 0.25) is 6.79 Å². The van der Waals surface area contributed by atoms with Gasteiger partial charge < -0.3 is 24.6 Å². The maximum Gasteiger partial charge on any atom is 0.251 e. The lowest BCUT2D eigenvalue weighted by Crippen LogP contribution is -2.50. The second-order valence-corrected chi connectivity index (χ2v) is 9.28. The molecule has 1 amide bonds. The summed E-state index contributed by atoms with van der Waals surface area (Å²) in [7, 11) is 4.04. The predicted octanol–water partition coefficient (Wildman–Crippen LogP) is 3.91. The van der Waals surface area contributed by atoms with Crippen molar-refractivity contribution in [2.24, 2.45) is 0 Å². The van der Waals surface area contributed by atoms with Crippen molar-refractivity contribution >= 4 is 17.3 Å². The third-order valence-corrected chi connectivity index (χ3v) is 6.83.